The maximum absolute atomic E-state index is 12.3. The summed E-state index contributed by atoms with van der Waals surface area (Å²) in [6, 6.07) is 5.70. The summed E-state index contributed by atoms with van der Waals surface area (Å²) in [6.07, 6.45) is 1.62. The second-order valence-corrected chi connectivity index (χ2v) is 6.62. The maximum atomic E-state index is 12.3. The normalized spacial score (nSPS) is 11.4. The molecule has 0 saturated heterocycles. The first kappa shape index (κ1) is 17.4. The first-order chi connectivity index (χ1) is 12.0. The minimum atomic E-state index is -0.228. The number of hydrogen-bond acceptors (Lipinski definition) is 5. The lowest BCUT2D eigenvalue weighted by Gasteiger charge is -2.11. The Morgan fingerprint density at radius 3 is 2.88 bits per heavy atom. The number of aromatic nitrogens is 4. The Hall–Kier alpha value is -2.38. The molecule has 1 aromatic carbocycles. The second-order valence-electron chi connectivity index (χ2n) is 6.21. The predicted octanol–water partition coefficient (Wildman–Crippen LogP) is 2.10. The van der Waals surface area contributed by atoms with Crippen molar-refractivity contribution in [3.63, 3.8) is 0 Å². The highest BCUT2D eigenvalue weighted by Crippen LogP contribution is 2.21. The van der Waals surface area contributed by atoms with E-state index in [0.717, 1.165) is 24.2 Å². The van der Waals surface area contributed by atoms with Crippen molar-refractivity contribution >= 4 is 28.7 Å². The van der Waals surface area contributed by atoms with Crippen LogP contribution in [0.1, 0.15) is 11.1 Å². The zero-order chi connectivity index (χ0) is 18.0. The van der Waals surface area contributed by atoms with E-state index in [1.165, 1.54) is 0 Å². The highest BCUT2D eigenvalue weighted by atomic mass is 35.5. The number of anilines is 1. The van der Waals surface area contributed by atoms with Gasteiger partial charge in [0.05, 0.1) is 12.7 Å². The molecule has 0 fully saturated rings. The van der Waals surface area contributed by atoms with Crippen LogP contribution in [0.2, 0.25) is 5.02 Å². The van der Waals surface area contributed by atoms with Gasteiger partial charge in [0.1, 0.15) is 5.52 Å². The Labute approximate surface area is 150 Å². The van der Waals surface area contributed by atoms with Crippen molar-refractivity contribution in [1.29, 1.82) is 0 Å². The molecule has 0 aliphatic heterocycles. The number of nitrogens with zero attached hydrogens (tertiary/aromatic N) is 4. The topological polar surface area (TPSA) is 78.8 Å². The Kier molecular flexibility index (Phi) is 5.06. The SMILES string of the molecule is Cc1cccc(Cl)c1Cn1c(=O)[nH]c2cnc(NCCN(C)C)nc21. The number of likely N-dealkylation sites (N-methyl/N-ethyl adjacent to an activating group) is 1. The van der Waals surface area contributed by atoms with Crippen molar-refractivity contribution in [2.45, 2.75) is 13.5 Å². The molecule has 2 N–H and O–H groups in total. The molecular formula is C17H21ClN6O. The highest BCUT2D eigenvalue weighted by Gasteiger charge is 2.13. The summed E-state index contributed by atoms with van der Waals surface area (Å²) in [7, 11) is 4.00. The van der Waals surface area contributed by atoms with E-state index in [1.807, 2.05) is 39.2 Å². The van der Waals surface area contributed by atoms with Crippen molar-refractivity contribution in [2.75, 3.05) is 32.5 Å². The molecule has 0 bridgehead atoms. The summed E-state index contributed by atoms with van der Waals surface area (Å²) in [4.78, 5) is 26.0. The van der Waals surface area contributed by atoms with E-state index in [9.17, 15) is 4.79 Å². The van der Waals surface area contributed by atoms with E-state index in [1.54, 1.807) is 10.8 Å². The van der Waals surface area contributed by atoms with Crippen molar-refractivity contribution in [1.82, 2.24) is 24.4 Å². The highest BCUT2D eigenvalue weighted by molar-refractivity contribution is 6.31. The lowest BCUT2D eigenvalue weighted by atomic mass is 10.1. The van der Waals surface area contributed by atoms with E-state index in [4.69, 9.17) is 11.6 Å². The second kappa shape index (κ2) is 7.25. The van der Waals surface area contributed by atoms with E-state index in [0.29, 0.717) is 28.7 Å². The fourth-order valence-corrected chi connectivity index (χ4v) is 2.88. The van der Waals surface area contributed by atoms with Crippen LogP contribution in [0, 0.1) is 6.92 Å². The van der Waals surface area contributed by atoms with Gasteiger partial charge in [-0.05, 0) is 38.2 Å². The average Bonchev–Trinajstić information content (AvgIpc) is 2.86. The summed E-state index contributed by atoms with van der Waals surface area (Å²) < 4.78 is 1.59. The molecule has 0 atom stereocenters. The van der Waals surface area contributed by atoms with Gasteiger partial charge in [0.2, 0.25) is 5.95 Å². The van der Waals surface area contributed by atoms with Crippen LogP contribution < -0.4 is 11.0 Å². The van der Waals surface area contributed by atoms with Crippen LogP contribution in [0.15, 0.2) is 29.2 Å². The number of hydrogen-bond donors (Lipinski definition) is 2. The number of benzene rings is 1. The molecule has 2 aromatic heterocycles. The summed E-state index contributed by atoms with van der Waals surface area (Å²) in [5.41, 5.74) is 2.88. The zero-order valence-corrected chi connectivity index (χ0v) is 15.3. The number of imidazole rings is 1. The van der Waals surface area contributed by atoms with Crippen molar-refractivity contribution in [3.05, 3.63) is 51.0 Å². The Morgan fingerprint density at radius 2 is 2.16 bits per heavy atom. The summed E-state index contributed by atoms with van der Waals surface area (Å²) in [5, 5.41) is 3.81. The minimum Gasteiger partial charge on any atom is -0.353 e. The fraction of sp³-hybridized carbons (Fsp3) is 0.353. The molecule has 0 radical (unpaired) electrons. The predicted molar refractivity (Wildman–Crippen MR) is 100 cm³/mol. The van der Waals surface area contributed by atoms with Gasteiger partial charge in [0.15, 0.2) is 5.65 Å². The Morgan fingerprint density at radius 1 is 1.36 bits per heavy atom. The van der Waals surface area contributed by atoms with Gasteiger partial charge >= 0.3 is 5.69 Å². The van der Waals surface area contributed by atoms with Crippen LogP contribution in [0.5, 0.6) is 0 Å². The van der Waals surface area contributed by atoms with E-state index >= 15 is 0 Å². The third-order valence-electron chi connectivity index (χ3n) is 4.02. The third kappa shape index (κ3) is 3.83. The first-order valence-corrected chi connectivity index (χ1v) is 8.41. The maximum Gasteiger partial charge on any atom is 0.328 e. The number of aromatic amines is 1. The van der Waals surface area contributed by atoms with Crippen molar-refractivity contribution in [2.24, 2.45) is 0 Å². The lowest BCUT2D eigenvalue weighted by molar-refractivity contribution is 0.425. The molecule has 2 heterocycles. The van der Waals surface area contributed by atoms with Crippen molar-refractivity contribution < 1.29 is 0 Å². The molecule has 3 aromatic rings. The van der Waals surface area contributed by atoms with Gasteiger partial charge < -0.3 is 15.2 Å². The van der Waals surface area contributed by atoms with Gasteiger partial charge in [-0.25, -0.2) is 9.78 Å². The summed E-state index contributed by atoms with van der Waals surface area (Å²) in [6.45, 7) is 3.92. The molecule has 0 amide bonds. The Balaban J connectivity index is 1.94. The standard InChI is InChI=1S/C17H21ClN6O/c1-11-5-4-6-13(18)12(11)10-24-15-14(21-17(24)25)9-20-16(22-15)19-7-8-23(2)3/h4-6,9H,7-8,10H2,1-3H3,(H,21,25)(H,19,20,22). The number of fused-ring (bicyclic) bond motifs is 1. The van der Waals surface area contributed by atoms with E-state index in [2.05, 4.69) is 25.2 Å². The number of H-pyrrole nitrogens is 1. The van der Waals surface area contributed by atoms with Crippen LogP contribution in [0.4, 0.5) is 5.95 Å². The van der Waals surface area contributed by atoms with Gasteiger partial charge in [-0.2, -0.15) is 4.98 Å². The average molecular weight is 361 g/mol. The third-order valence-corrected chi connectivity index (χ3v) is 4.38. The van der Waals surface area contributed by atoms with Gasteiger partial charge in [-0.15, -0.1) is 0 Å². The molecule has 132 valence electrons. The van der Waals surface area contributed by atoms with Crippen LogP contribution in [0.3, 0.4) is 0 Å². The summed E-state index contributed by atoms with van der Waals surface area (Å²) >= 11 is 6.30. The molecule has 0 unspecified atom stereocenters. The molecule has 0 aliphatic carbocycles. The van der Waals surface area contributed by atoms with Gasteiger partial charge in [0, 0.05) is 18.1 Å². The smallest absolute Gasteiger partial charge is 0.328 e. The number of rotatable bonds is 6. The van der Waals surface area contributed by atoms with Gasteiger partial charge in [0.25, 0.3) is 0 Å². The van der Waals surface area contributed by atoms with E-state index in [-0.39, 0.29) is 5.69 Å². The van der Waals surface area contributed by atoms with Gasteiger partial charge in [-0.3, -0.25) is 4.57 Å². The van der Waals surface area contributed by atoms with Crippen LogP contribution in [-0.2, 0) is 6.54 Å². The monoisotopic (exact) mass is 360 g/mol. The van der Waals surface area contributed by atoms with Crippen molar-refractivity contribution in [3.8, 4) is 0 Å². The summed E-state index contributed by atoms with van der Waals surface area (Å²) in [5.74, 6) is 0.498. The molecule has 7 nitrogen and oxygen atoms in total. The molecule has 25 heavy (non-hydrogen) atoms. The molecule has 0 spiro atoms. The van der Waals surface area contributed by atoms with Crippen LogP contribution >= 0.6 is 11.6 Å². The largest absolute Gasteiger partial charge is 0.353 e. The number of nitrogens with one attached hydrogen (secondary N) is 2. The lowest BCUT2D eigenvalue weighted by Crippen LogP contribution is -2.22. The molecule has 0 saturated carbocycles. The molecule has 0 aliphatic rings. The van der Waals surface area contributed by atoms with Gasteiger partial charge in [-0.1, -0.05) is 23.7 Å². The first-order valence-electron chi connectivity index (χ1n) is 8.04. The number of halogens is 1. The fourth-order valence-electron chi connectivity index (χ4n) is 2.59. The quantitative estimate of drug-likeness (QED) is 0.703. The molecule has 3 rings (SSSR count). The molecular weight excluding hydrogens is 340 g/mol. The van der Waals surface area contributed by atoms with E-state index < -0.39 is 0 Å². The van der Waals surface area contributed by atoms with Crippen LogP contribution in [-0.4, -0.2) is 51.6 Å². The van der Waals surface area contributed by atoms with Crippen LogP contribution in [0.25, 0.3) is 11.2 Å². The Bertz CT molecular complexity index is 926. The molecule has 8 heteroatoms. The number of aryl methyl sites for hydroxylation is 1. The minimum absolute atomic E-state index is 0.228. The zero-order valence-electron chi connectivity index (χ0n) is 14.5.